The van der Waals surface area contributed by atoms with E-state index in [9.17, 15) is 9.90 Å². The molecule has 0 radical (unpaired) electrons. The molecule has 0 saturated carbocycles. The summed E-state index contributed by atoms with van der Waals surface area (Å²) in [7, 11) is 0. The monoisotopic (exact) mass is 313 g/mol. The number of carbonyl (C=O) groups excluding carboxylic acids is 1. The summed E-state index contributed by atoms with van der Waals surface area (Å²) in [5.41, 5.74) is 1.83. The number of carbonyl (C=O) groups is 1. The van der Waals surface area contributed by atoms with E-state index in [1.807, 2.05) is 18.2 Å². The van der Waals surface area contributed by atoms with Gasteiger partial charge in [0.15, 0.2) is 5.78 Å². The number of ether oxygens (including phenoxy) is 1. The normalized spacial score (nSPS) is 13.3. The maximum atomic E-state index is 11.2. The smallest absolute Gasteiger partial charge is 0.159 e. The third-order valence-corrected chi connectivity index (χ3v) is 3.66. The van der Waals surface area contributed by atoms with Crippen molar-refractivity contribution in [2.45, 2.75) is 26.0 Å². The molecule has 0 heterocycles. The van der Waals surface area contributed by atoms with E-state index in [4.69, 9.17) is 4.74 Å². The number of hydrogen-bond donors (Lipinski definition) is 2. The summed E-state index contributed by atoms with van der Waals surface area (Å²) in [5, 5.41) is 13.3. The zero-order valence-electron chi connectivity index (χ0n) is 13.5. The zero-order chi connectivity index (χ0) is 16.7. The highest BCUT2D eigenvalue weighted by Crippen LogP contribution is 2.13. The standard InChI is InChI=1S/C19H23NO3/c1-14(16-6-4-3-5-7-16)20-12-18(22)13-23-19-10-8-17(9-11-19)15(2)21/h3-11,14,18,20,22H,12-13H2,1-2H3. The minimum Gasteiger partial charge on any atom is -0.491 e. The van der Waals surface area contributed by atoms with Crippen molar-refractivity contribution in [2.24, 2.45) is 0 Å². The summed E-state index contributed by atoms with van der Waals surface area (Å²) in [6, 6.07) is 17.2. The summed E-state index contributed by atoms with van der Waals surface area (Å²) in [6.45, 7) is 4.23. The molecule has 0 bridgehead atoms. The number of aliphatic hydroxyl groups excluding tert-OH is 1. The molecule has 0 aliphatic rings. The average Bonchev–Trinajstić information content (AvgIpc) is 2.59. The van der Waals surface area contributed by atoms with Gasteiger partial charge in [-0.05, 0) is 43.7 Å². The second kappa shape index (κ2) is 8.46. The number of hydrogen-bond acceptors (Lipinski definition) is 4. The third-order valence-electron chi connectivity index (χ3n) is 3.66. The number of ketones is 1. The van der Waals surface area contributed by atoms with Gasteiger partial charge >= 0.3 is 0 Å². The predicted octanol–water partition coefficient (Wildman–Crippen LogP) is 2.98. The van der Waals surface area contributed by atoms with Crippen LogP contribution in [0.2, 0.25) is 0 Å². The zero-order valence-corrected chi connectivity index (χ0v) is 13.5. The molecule has 2 N–H and O–H groups in total. The Hall–Kier alpha value is -2.17. The summed E-state index contributed by atoms with van der Waals surface area (Å²) < 4.78 is 5.54. The van der Waals surface area contributed by atoms with Crippen molar-refractivity contribution in [2.75, 3.05) is 13.2 Å². The molecule has 4 nitrogen and oxygen atoms in total. The number of rotatable bonds is 8. The fraction of sp³-hybridized carbons (Fsp3) is 0.316. The van der Waals surface area contributed by atoms with Crippen molar-refractivity contribution in [1.29, 1.82) is 0 Å². The first kappa shape index (κ1) is 17.2. The van der Waals surface area contributed by atoms with Gasteiger partial charge in [-0.2, -0.15) is 0 Å². The third kappa shape index (κ3) is 5.51. The molecule has 0 fully saturated rings. The van der Waals surface area contributed by atoms with Crippen LogP contribution in [0.5, 0.6) is 5.75 Å². The van der Waals surface area contributed by atoms with Gasteiger partial charge in [-0.15, -0.1) is 0 Å². The Morgan fingerprint density at radius 1 is 1.13 bits per heavy atom. The average molecular weight is 313 g/mol. The highest BCUT2D eigenvalue weighted by atomic mass is 16.5. The number of nitrogens with one attached hydrogen (secondary N) is 1. The lowest BCUT2D eigenvalue weighted by molar-refractivity contribution is 0.101. The molecule has 122 valence electrons. The molecular weight excluding hydrogens is 290 g/mol. The first-order chi connectivity index (χ1) is 11.1. The van der Waals surface area contributed by atoms with Crippen molar-refractivity contribution < 1.29 is 14.6 Å². The van der Waals surface area contributed by atoms with Crippen LogP contribution < -0.4 is 10.1 Å². The Bertz CT molecular complexity index is 610. The van der Waals surface area contributed by atoms with Crippen LogP contribution in [0.25, 0.3) is 0 Å². The highest BCUT2D eigenvalue weighted by molar-refractivity contribution is 5.94. The molecular formula is C19H23NO3. The molecule has 0 aromatic heterocycles. The number of benzene rings is 2. The molecule has 23 heavy (non-hydrogen) atoms. The van der Waals surface area contributed by atoms with Gasteiger partial charge < -0.3 is 15.2 Å². The number of aliphatic hydroxyl groups is 1. The molecule has 2 aromatic rings. The summed E-state index contributed by atoms with van der Waals surface area (Å²) >= 11 is 0. The Balaban J connectivity index is 1.74. The van der Waals surface area contributed by atoms with Crippen molar-refractivity contribution in [1.82, 2.24) is 5.32 Å². The van der Waals surface area contributed by atoms with E-state index in [-0.39, 0.29) is 18.4 Å². The van der Waals surface area contributed by atoms with Gasteiger partial charge in [-0.3, -0.25) is 4.79 Å². The van der Waals surface area contributed by atoms with Gasteiger partial charge in [0.05, 0.1) is 0 Å². The first-order valence-corrected chi connectivity index (χ1v) is 7.76. The molecule has 2 rings (SSSR count). The van der Waals surface area contributed by atoms with Gasteiger partial charge in [0.25, 0.3) is 0 Å². The van der Waals surface area contributed by atoms with Gasteiger partial charge in [0.1, 0.15) is 18.5 Å². The van der Waals surface area contributed by atoms with Gasteiger partial charge in [0, 0.05) is 18.2 Å². The van der Waals surface area contributed by atoms with E-state index in [1.165, 1.54) is 12.5 Å². The summed E-state index contributed by atoms with van der Waals surface area (Å²) in [5.74, 6) is 0.667. The first-order valence-electron chi connectivity index (χ1n) is 7.76. The fourth-order valence-electron chi connectivity index (χ4n) is 2.21. The van der Waals surface area contributed by atoms with Crippen LogP contribution in [0.15, 0.2) is 54.6 Å². The molecule has 0 aliphatic heterocycles. The van der Waals surface area contributed by atoms with Gasteiger partial charge in [-0.1, -0.05) is 30.3 Å². The second-order valence-corrected chi connectivity index (χ2v) is 5.59. The Morgan fingerprint density at radius 2 is 1.78 bits per heavy atom. The molecule has 0 amide bonds. The fourth-order valence-corrected chi connectivity index (χ4v) is 2.21. The lowest BCUT2D eigenvalue weighted by atomic mass is 10.1. The van der Waals surface area contributed by atoms with E-state index >= 15 is 0 Å². The van der Waals surface area contributed by atoms with Crippen molar-refractivity contribution in [3.05, 3.63) is 65.7 Å². The molecule has 4 heteroatoms. The van der Waals surface area contributed by atoms with Crippen LogP contribution in [0.3, 0.4) is 0 Å². The van der Waals surface area contributed by atoms with Crippen LogP contribution in [-0.4, -0.2) is 30.1 Å². The van der Waals surface area contributed by atoms with Crippen LogP contribution in [0.1, 0.15) is 35.8 Å². The van der Waals surface area contributed by atoms with E-state index in [0.29, 0.717) is 17.9 Å². The lowest BCUT2D eigenvalue weighted by Crippen LogP contribution is -2.33. The predicted molar refractivity (Wildman–Crippen MR) is 90.8 cm³/mol. The van der Waals surface area contributed by atoms with Crippen molar-refractivity contribution >= 4 is 5.78 Å². The summed E-state index contributed by atoms with van der Waals surface area (Å²) in [4.78, 5) is 11.2. The van der Waals surface area contributed by atoms with E-state index in [1.54, 1.807) is 24.3 Å². The van der Waals surface area contributed by atoms with Crippen LogP contribution in [0.4, 0.5) is 0 Å². The topological polar surface area (TPSA) is 58.6 Å². The summed E-state index contributed by atoms with van der Waals surface area (Å²) in [6.07, 6.45) is -0.603. The van der Waals surface area contributed by atoms with Crippen molar-refractivity contribution in [3.63, 3.8) is 0 Å². The molecule has 0 saturated heterocycles. The molecule has 0 spiro atoms. The molecule has 2 atom stereocenters. The maximum Gasteiger partial charge on any atom is 0.159 e. The van der Waals surface area contributed by atoms with Crippen molar-refractivity contribution in [3.8, 4) is 5.75 Å². The minimum absolute atomic E-state index is 0.0238. The Labute approximate surface area is 137 Å². The second-order valence-electron chi connectivity index (χ2n) is 5.59. The van der Waals surface area contributed by atoms with E-state index in [2.05, 4.69) is 24.4 Å². The molecule has 2 unspecified atom stereocenters. The highest BCUT2D eigenvalue weighted by Gasteiger charge is 2.09. The minimum atomic E-state index is -0.603. The maximum absolute atomic E-state index is 11.2. The Morgan fingerprint density at radius 3 is 2.39 bits per heavy atom. The van der Waals surface area contributed by atoms with Crippen LogP contribution >= 0.6 is 0 Å². The largest absolute Gasteiger partial charge is 0.491 e. The quantitative estimate of drug-likeness (QED) is 0.736. The lowest BCUT2D eigenvalue weighted by Gasteiger charge is -2.18. The van der Waals surface area contributed by atoms with Crippen LogP contribution in [-0.2, 0) is 0 Å². The molecule has 2 aromatic carbocycles. The van der Waals surface area contributed by atoms with Gasteiger partial charge in [0.2, 0.25) is 0 Å². The van der Waals surface area contributed by atoms with E-state index < -0.39 is 6.10 Å². The Kier molecular flexibility index (Phi) is 6.32. The SMILES string of the molecule is CC(=O)c1ccc(OCC(O)CNC(C)c2ccccc2)cc1. The number of Topliss-reactive ketones (excluding diaryl/α,β-unsaturated/α-hetero) is 1. The molecule has 0 aliphatic carbocycles. The van der Waals surface area contributed by atoms with Crippen LogP contribution in [0, 0.1) is 0 Å². The van der Waals surface area contributed by atoms with Gasteiger partial charge in [-0.25, -0.2) is 0 Å². The van der Waals surface area contributed by atoms with E-state index in [0.717, 1.165) is 0 Å².